The predicted molar refractivity (Wildman–Crippen MR) is 95.9 cm³/mol. The Morgan fingerprint density at radius 3 is 2.30 bits per heavy atom. The van der Waals surface area contributed by atoms with Gasteiger partial charge in [0.1, 0.15) is 0 Å². The van der Waals surface area contributed by atoms with Crippen LogP contribution in [0.4, 0.5) is 22.0 Å². The highest BCUT2D eigenvalue weighted by Gasteiger charge is 2.38. The van der Waals surface area contributed by atoms with Crippen molar-refractivity contribution in [3.63, 3.8) is 0 Å². The maximum Gasteiger partial charge on any atom is 0.416 e. The second-order valence-electron chi connectivity index (χ2n) is 6.43. The first-order valence-corrected chi connectivity index (χ1v) is 8.60. The van der Waals surface area contributed by atoms with E-state index in [1.165, 1.54) is 42.5 Å². The molecule has 0 amide bonds. The molecule has 11 heteroatoms. The summed E-state index contributed by atoms with van der Waals surface area (Å²) in [7, 11) is 0. The zero-order chi connectivity index (χ0) is 21.5. The molecular formula is C19H12F5N5O. The molecule has 0 atom stereocenters. The van der Waals surface area contributed by atoms with Crippen LogP contribution >= 0.6 is 0 Å². The molecule has 0 aliphatic carbocycles. The number of hydrogen-bond donors (Lipinski definition) is 1. The van der Waals surface area contributed by atoms with Gasteiger partial charge in [-0.3, -0.25) is 4.79 Å². The molecule has 4 rings (SSSR count). The Morgan fingerprint density at radius 2 is 1.60 bits per heavy atom. The highest BCUT2D eigenvalue weighted by molar-refractivity contribution is 5.68. The topological polar surface area (TPSA) is 76.5 Å². The third-order valence-corrected chi connectivity index (χ3v) is 4.45. The lowest BCUT2D eigenvalue weighted by atomic mass is 10.1. The molecule has 4 aromatic rings. The molecule has 0 saturated carbocycles. The molecule has 0 unspecified atom stereocenters. The lowest BCUT2D eigenvalue weighted by Crippen LogP contribution is -2.24. The van der Waals surface area contributed by atoms with E-state index in [0.29, 0.717) is 0 Å². The van der Waals surface area contributed by atoms with Gasteiger partial charge in [-0.15, -0.1) is 5.10 Å². The monoisotopic (exact) mass is 421 g/mol. The second-order valence-corrected chi connectivity index (χ2v) is 6.43. The van der Waals surface area contributed by atoms with Crippen molar-refractivity contribution in [2.45, 2.75) is 18.6 Å². The Hall–Kier alpha value is -3.63. The Balaban J connectivity index is 1.82. The van der Waals surface area contributed by atoms with Crippen molar-refractivity contribution in [3.8, 4) is 0 Å². The third-order valence-electron chi connectivity index (χ3n) is 4.45. The fraction of sp³-hybridized carbons (Fsp3) is 0.158. The van der Waals surface area contributed by atoms with E-state index in [2.05, 4.69) is 15.3 Å². The first kappa shape index (κ1) is 19.7. The van der Waals surface area contributed by atoms with Gasteiger partial charge in [-0.2, -0.15) is 22.0 Å². The van der Waals surface area contributed by atoms with E-state index in [1.807, 2.05) is 4.98 Å². The van der Waals surface area contributed by atoms with Crippen molar-refractivity contribution in [2.75, 3.05) is 0 Å². The maximum absolute atomic E-state index is 14.8. The highest BCUT2D eigenvalue weighted by Crippen LogP contribution is 2.34. The van der Waals surface area contributed by atoms with E-state index in [1.54, 1.807) is 6.07 Å². The van der Waals surface area contributed by atoms with Gasteiger partial charge in [0.2, 0.25) is 0 Å². The van der Waals surface area contributed by atoms with Gasteiger partial charge in [0.15, 0.2) is 17.0 Å². The predicted octanol–water partition coefficient (Wildman–Crippen LogP) is 3.72. The molecule has 2 aromatic heterocycles. The molecule has 154 valence electrons. The lowest BCUT2D eigenvalue weighted by molar-refractivity contribution is -0.138. The van der Waals surface area contributed by atoms with Gasteiger partial charge in [0.25, 0.3) is 5.56 Å². The molecule has 0 fully saturated rings. The van der Waals surface area contributed by atoms with Crippen molar-refractivity contribution in [1.82, 2.24) is 25.0 Å². The lowest BCUT2D eigenvalue weighted by Gasteiger charge is -2.16. The molecule has 0 bridgehead atoms. The van der Waals surface area contributed by atoms with Crippen LogP contribution in [0.1, 0.15) is 22.5 Å². The quantitative estimate of drug-likeness (QED) is 0.510. The van der Waals surface area contributed by atoms with Crippen LogP contribution in [0.2, 0.25) is 0 Å². The normalized spacial score (nSPS) is 12.4. The number of rotatable bonds is 4. The van der Waals surface area contributed by atoms with Crippen LogP contribution in [0.15, 0.2) is 59.4 Å². The summed E-state index contributed by atoms with van der Waals surface area (Å²) in [6, 6.07) is 11.4. The van der Waals surface area contributed by atoms with Crippen molar-refractivity contribution in [2.24, 2.45) is 0 Å². The van der Waals surface area contributed by atoms with Gasteiger partial charge in [-0.05, 0) is 11.6 Å². The Labute approximate surface area is 165 Å². The van der Waals surface area contributed by atoms with E-state index in [9.17, 15) is 26.7 Å². The number of aromatic nitrogens is 5. The molecule has 2 heterocycles. The molecule has 0 spiro atoms. The van der Waals surface area contributed by atoms with E-state index < -0.39 is 41.2 Å². The smallest absolute Gasteiger partial charge is 0.303 e. The van der Waals surface area contributed by atoms with Gasteiger partial charge in [-0.25, -0.2) is 9.67 Å². The highest BCUT2D eigenvalue weighted by atomic mass is 19.4. The molecule has 6 nitrogen and oxygen atoms in total. The fourth-order valence-corrected chi connectivity index (χ4v) is 3.00. The average molecular weight is 421 g/mol. The van der Waals surface area contributed by atoms with Crippen LogP contribution in [-0.2, 0) is 18.6 Å². The van der Waals surface area contributed by atoms with Crippen LogP contribution in [0.3, 0.4) is 0 Å². The number of nitrogens with one attached hydrogen (secondary N) is 1. The minimum atomic E-state index is -4.62. The number of nitrogens with zero attached hydrogens (tertiary/aromatic N) is 4. The summed E-state index contributed by atoms with van der Waals surface area (Å²) >= 11 is 0. The number of benzene rings is 2. The number of fused-ring (bicyclic) bond motifs is 1. The van der Waals surface area contributed by atoms with E-state index in [4.69, 9.17) is 0 Å². The van der Waals surface area contributed by atoms with Gasteiger partial charge in [0, 0.05) is 5.56 Å². The summed E-state index contributed by atoms with van der Waals surface area (Å²) in [4.78, 5) is 18.0. The van der Waals surface area contributed by atoms with Crippen molar-refractivity contribution < 1.29 is 22.0 Å². The summed E-state index contributed by atoms with van der Waals surface area (Å²) in [5.41, 5.74) is -3.16. The van der Waals surface area contributed by atoms with Gasteiger partial charge >= 0.3 is 12.1 Å². The molecule has 0 aliphatic rings. The zero-order valence-electron chi connectivity index (χ0n) is 15.0. The molecule has 0 aliphatic heterocycles. The van der Waals surface area contributed by atoms with Crippen molar-refractivity contribution in [3.05, 3.63) is 87.5 Å². The summed E-state index contributed by atoms with van der Waals surface area (Å²) in [6.07, 6.45) is -4.62. The standard InChI is InChI=1S/C19H12F5N5O/c20-18(21,12-7-2-1-3-8-12)17-25-15-14(16(30)26-17)27-28-29(15)10-11-6-4-5-9-13(11)19(22,23)24/h1-9H,10H2,(H,25,26,30). The van der Waals surface area contributed by atoms with E-state index >= 15 is 0 Å². The van der Waals surface area contributed by atoms with Crippen LogP contribution in [0, 0.1) is 0 Å². The minimum Gasteiger partial charge on any atom is -0.303 e. The summed E-state index contributed by atoms with van der Waals surface area (Å²) < 4.78 is 70.3. The Bertz CT molecular complexity index is 1260. The van der Waals surface area contributed by atoms with Crippen LogP contribution in [-0.4, -0.2) is 25.0 Å². The number of H-pyrrole nitrogens is 1. The first-order valence-electron chi connectivity index (χ1n) is 8.60. The largest absolute Gasteiger partial charge is 0.416 e. The molecule has 2 aromatic carbocycles. The molecule has 0 saturated heterocycles. The SMILES string of the molecule is O=c1[nH]c(C(F)(F)c2ccccc2)nc2c1nnn2Cc1ccccc1C(F)(F)F. The minimum absolute atomic E-state index is 0.171. The number of alkyl halides is 5. The van der Waals surface area contributed by atoms with Gasteiger partial charge < -0.3 is 4.98 Å². The number of aromatic amines is 1. The van der Waals surface area contributed by atoms with Crippen molar-refractivity contribution >= 4 is 11.2 Å². The van der Waals surface area contributed by atoms with Gasteiger partial charge in [0.05, 0.1) is 12.1 Å². The van der Waals surface area contributed by atoms with Crippen LogP contribution < -0.4 is 5.56 Å². The summed E-state index contributed by atoms with van der Waals surface area (Å²) in [5.74, 6) is -4.60. The third kappa shape index (κ3) is 3.42. The Morgan fingerprint density at radius 1 is 0.933 bits per heavy atom. The summed E-state index contributed by atoms with van der Waals surface area (Å²) in [6.45, 7) is -0.459. The van der Waals surface area contributed by atoms with Crippen molar-refractivity contribution in [1.29, 1.82) is 0 Å². The van der Waals surface area contributed by atoms with E-state index in [-0.39, 0.29) is 16.7 Å². The molecule has 0 radical (unpaired) electrons. The molecular weight excluding hydrogens is 409 g/mol. The van der Waals surface area contributed by atoms with Crippen LogP contribution in [0.25, 0.3) is 11.2 Å². The molecule has 1 N–H and O–H groups in total. The summed E-state index contributed by atoms with van der Waals surface area (Å²) in [5, 5.41) is 7.23. The van der Waals surface area contributed by atoms with Crippen LogP contribution in [0.5, 0.6) is 0 Å². The zero-order valence-corrected chi connectivity index (χ0v) is 15.0. The van der Waals surface area contributed by atoms with E-state index in [0.717, 1.165) is 10.7 Å². The number of halogens is 5. The second kappa shape index (κ2) is 7.01. The number of hydrogen-bond acceptors (Lipinski definition) is 4. The first-order chi connectivity index (χ1) is 14.2. The fourth-order valence-electron chi connectivity index (χ4n) is 3.00. The maximum atomic E-state index is 14.8. The van der Waals surface area contributed by atoms with Gasteiger partial charge in [-0.1, -0.05) is 53.7 Å². The molecule has 30 heavy (non-hydrogen) atoms. The average Bonchev–Trinajstić information content (AvgIpc) is 3.12. The Kier molecular flexibility index (Phi) is 4.60.